The summed E-state index contributed by atoms with van der Waals surface area (Å²) in [4.78, 5) is 14.5. The summed E-state index contributed by atoms with van der Waals surface area (Å²) in [5.41, 5.74) is 2.11. The lowest BCUT2D eigenvalue weighted by molar-refractivity contribution is -0.121. The van der Waals surface area contributed by atoms with E-state index in [0.29, 0.717) is 36.2 Å². The quantitative estimate of drug-likeness (QED) is 0.816. The van der Waals surface area contributed by atoms with Gasteiger partial charge in [0.2, 0.25) is 5.91 Å². The van der Waals surface area contributed by atoms with Gasteiger partial charge in [0.25, 0.3) is 0 Å². The van der Waals surface area contributed by atoms with Gasteiger partial charge in [0.05, 0.1) is 35.7 Å². The third kappa shape index (κ3) is 5.45. The molecule has 0 radical (unpaired) electrons. The Morgan fingerprint density at radius 1 is 1.12 bits per heavy atom. The largest absolute Gasteiger partial charge is 0.378 e. The molecule has 6 heteroatoms. The summed E-state index contributed by atoms with van der Waals surface area (Å²) in [6, 6.07) is 15.6. The van der Waals surface area contributed by atoms with Crippen LogP contribution in [0.15, 0.2) is 48.5 Å². The molecule has 1 unspecified atom stereocenters. The molecular formula is C20H22Cl2N2O2. The summed E-state index contributed by atoms with van der Waals surface area (Å²) in [6.07, 6.45) is 0.390. The molecule has 1 amide bonds. The Balaban J connectivity index is 1.54. The van der Waals surface area contributed by atoms with E-state index in [-0.39, 0.29) is 11.9 Å². The zero-order valence-electron chi connectivity index (χ0n) is 14.5. The van der Waals surface area contributed by atoms with Crippen LogP contribution in [0.4, 0.5) is 0 Å². The third-order valence-corrected chi connectivity index (χ3v) is 5.20. The number of carbonyl (C=O) groups is 1. The van der Waals surface area contributed by atoms with Crippen molar-refractivity contribution in [2.75, 3.05) is 26.3 Å². The Kier molecular flexibility index (Phi) is 6.92. The minimum absolute atomic E-state index is 0.0243. The van der Waals surface area contributed by atoms with Gasteiger partial charge in [-0.25, -0.2) is 0 Å². The van der Waals surface area contributed by atoms with E-state index >= 15 is 0 Å². The summed E-state index contributed by atoms with van der Waals surface area (Å²) in [7, 11) is 0. The van der Waals surface area contributed by atoms with Gasteiger partial charge in [-0.15, -0.1) is 0 Å². The van der Waals surface area contributed by atoms with E-state index in [4.69, 9.17) is 27.9 Å². The van der Waals surface area contributed by atoms with E-state index < -0.39 is 0 Å². The first kappa shape index (κ1) is 19.2. The predicted octanol–water partition coefficient (Wildman–Crippen LogP) is 3.55. The second-order valence-electron chi connectivity index (χ2n) is 6.41. The molecule has 0 saturated carbocycles. The molecule has 0 aliphatic carbocycles. The van der Waals surface area contributed by atoms with Gasteiger partial charge in [0.1, 0.15) is 0 Å². The van der Waals surface area contributed by atoms with Crippen molar-refractivity contribution in [1.29, 1.82) is 0 Å². The van der Waals surface area contributed by atoms with Crippen molar-refractivity contribution >= 4 is 29.1 Å². The zero-order valence-corrected chi connectivity index (χ0v) is 16.0. The van der Waals surface area contributed by atoms with Crippen LogP contribution >= 0.6 is 23.2 Å². The lowest BCUT2D eigenvalue weighted by Crippen LogP contribution is -2.50. The summed E-state index contributed by atoms with van der Waals surface area (Å²) < 4.78 is 5.60. The van der Waals surface area contributed by atoms with Crippen molar-refractivity contribution < 1.29 is 9.53 Å². The SMILES string of the molecule is O=C(Cc1ccccc1)NCC1COCCN1Cc1ccc(Cl)c(Cl)c1. The van der Waals surface area contributed by atoms with Gasteiger partial charge in [0.15, 0.2) is 0 Å². The minimum Gasteiger partial charge on any atom is -0.378 e. The molecule has 1 aliphatic rings. The van der Waals surface area contributed by atoms with E-state index in [1.165, 1.54) is 0 Å². The van der Waals surface area contributed by atoms with Gasteiger partial charge >= 0.3 is 0 Å². The second kappa shape index (κ2) is 9.38. The fourth-order valence-electron chi connectivity index (χ4n) is 3.03. The number of amides is 1. The topological polar surface area (TPSA) is 41.6 Å². The van der Waals surface area contributed by atoms with Crippen molar-refractivity contribution in [2.24, 2.45) is 0 Å². The lowest BCUT2D eigenvalue weighted by atomic mass is 10.1. The number of nitrogens with zero attached hydrogens (tertiary/aromatic N) is 1. The van der Waals surface area contributed by atoms with Crippen molar-refractivity contribution in [3.05, 3.63) is 69.7 Å². The van der Waals surface area contributed by atoms with Gasteiger partial charge in [-0.2, -0.15) is 0 Å². The van der Waals surface area contributed by atoms with E-state index in [2.05, 4.69) is 10.2 Å². The Bertz CT molecular complexity index is 740. The van der Waals surface area contributed by atoms with Crippen molar-refractivity contribution in [1.82, 2.24) is 10.2 Å². The normalized spacial score (nSPS) is 17.8. The van der Waals surface area contributed by atoms with Crippen LogP contribution in [-0.2, 0) is 22.5 Å². The molecule has 1 aliphatic heterocycles. The van der Waals surface area contributed by atoms with Crippen LogP contribution in [-0.4, -0.2) is 43.2 Å². The van der Waals surface area contributed by atoms with E-state index in [9.17, 15) is 4.79 Å². The smallest absolute Gasteiger partial charge is 0.224 e. The van der Waals surface area contributed by atoms with Crippen molar-refractivity contribution in [3.63, 3.8) is 0 Å². The molecule has 2 aromatic carbocycles. The monoisotopic (exact) mass is 392 g/mol. The molecule has 3 rings (SSSR count). The molecular weight excluding hydrogens is 371 g/mol. The van der Waals surface area contributed by atoms with Gasteiger partial charge in [-0.1, -0.05) is 59.6 Å². The standard InChI is InChI=1S/C20H22Cl2N2O2/c21-18-7-6-16(10-19(18)22)13-24-8-9-26-14-17(24)12-23-20(25)11-15-4-2-1-3-5-15/h1-7,10,17H,8-9,11-14H2,(H,23,25). The maximum atomic E-state index is 12.2. The van der Waals surface area contributed by atoms with Crippen LogP contribution in [0.3, 0.4) is 0 Å². The van der Waals surface area contributed by atoms with Crippen LogP contribution < -0.4 is 5.32 Å². The molecule has 1 N–H and O–H groups in total. The highest BCUT2D eigenvalue weighted by Gasteiger charge is 2.23. The number of halogens is 2. The number of hydrogen-bond acceptors (Lipinski definition) is 3. The Morgan fingerprint density at radius 3 is 2.69 bits per heavy atom. The van der Waals surface area contributed by atoms with Gasteiger partial charge in [-0.05, 0) is 23.3 Å². The maximum Gasteiger partial charge on any atom is 0.224 e. The Labute approximate surface area is 164 Å². The summed E-state index contributed by atoms with van der Waals surface area (Å²) >= 11 is 12.1. The molecule has 1 heterocycles. The minimum atomic E-state index is 0.0243. The number of nitrogens with one attached hydrogen (secondary N) is 1. The van der Waals surface area contributed by atoms with E-state index in [1.54, 1.807) is 0 Å². The van der Waals surface area contributed by atoms with E-state index in [0.717, 1.165) is 24.2 Å². The second-order valence-corrected chi connectivity index (χ2v) is 7.23. The van der Waals surface area contributed by atoms with Gasteiger partial charge < -0.3 is 10.1 Å². The summed E-state index contributed by atoms with van der Waals surface area (Å²) in [5, 5.41) is 4.15. The molecule has 26 heavy (non-hydrogen) atoms. The van der Waals surface area contributed by atoms with Crippen molar-refractivity contribution in [3.8, 4) is 0 Å². The first-order valence-electron chi connectivity index (χ1n) is 8.68. The summed E-state index contributed by atoms with van der Waals surface area (Å²) in [6.45, 7) is 3.43. The Hall–Kier alpha value is -1.59. The van der Waals surface area contributed by atoms with Crippen LogP contribution in [0.1, 0.15) is 11.1 Å². The molecule has 0 spiro atoms. The number of benzene rings is 2. The number of morpholine rings is 1. The first-order valence-corrected chi connectivity index (χ1v) is 9.44. The number of carbonyl (C=O) groups excluding carboxylic acids is 1. The number of rotatable bonds is 6. The lowest BCUT2D eigenvalue weighted by Gasteiger charge is -2.35. The highest BCUT2D eigenvalue weighted by molar-refractivity contribution is 6.42. The van der Waals surface area contributed by atoms with Gasteiger partial charge in [0, 0.05) is 19.6 Å². The number of hydrogen-bond donors (Lipinski definition) is 1. The van der Waals surface area contributed by atoms with Gasteiger partial charge in [-0.3, -0.25) is 9.69 Å². The van der Waals surface area contributed by atoms with Crippen LogP contribution in [0.2, 0.25) is 10.0 Å². The van der Waals surface area contributed by atoms with Crippen LogP contribution in [0.5, 0.6) is 0 Å². The maximum absolute atomic E-state index is 12.2. The number of ether oxygens (including phenoxy) is 1. The van der Waals surface area contributed by atoms with Crippen LogP contribution in [0.25, 0.3) is 0 Å². The highest BCUT2D eigenvalue weighted by Crippen LogP contribution is 2.24. The molecule has 1 fully saturated rings. The Morgan fingerprint density at radius 2 is 1.92 bits per heavy atom. The third-order valence-electron chi connectivity index (χ3n) is 4.46. The first-order chi connectivity index (χ1) is 12.6. The molecule has 138 valence electrons. The molecule has 1 saturated heterocycles. The average molecular weight is 393 g/mol. The average Bonchev–Trinajstić information content (AvgIpc) is 2.65. The fraction of sp³-hybridized carbons (Fsp3) is 0.350. The molecule has 1 atom stereocenters. The van der Waals surface area contributed by atoms with Crippen molar-refractivity contribution in [2.45, 2.75) is 19.0 Å². The summed E-state index contributed by atoms with van der Waals surface area (Å²) in [5.74, 6) is 0.0243. The molecule has 0 aromatic heterocycles. The molecule has 0 bridgehead atoms. The zero-order chi connectivity index (χ0) is 18.4. The van der Waals surface area contributed by atoms with E-state index in [1.807, 2.05) is 48.5 Å². The molecule has 2 aromatic rings. The van der Waals surface area contributed by atoms with Crippen LogP contribution in [0, 0.1) is 0 Å². The predicted molar refractivity (Wildman–Crippen MR) is 105 cm³/mol. The molecule has 4 nitrogen and oxygen atoms in total. The fourth-order valence-corrected chi connectivity index (χ4v) is 3.35. The highest BCUT2D eigenvalue weighted by atomic mass is 35.5.